The van der Waals surface area contributed by atoms with E-state index in [4.69, 9.17) is 9.15 Å². The maximum absolute atomic E-state index is 12.9. The van der Waals surface area contributed by atoms with Gasteiger partial charge in [0.2, 0.25) is 5.91 Å². The molecule has 0 atom stereocenters. The smallest absolute Gasteiger partial charge is 0.289 e. The monoisotopic (exact) mass is 461 g/mol. The summed E-state index contributed by atoms with van der Waals surface area (Å²) in [5, 5.41) is 3.12. The molecule has 4 rings (SSSR count). The molecule has 2 aromatic rings. The standard InChI is InChI=1S/C21H24BrN3O4/c22-16-3-4-18(24-9-12-28-13-10-24)17(14-16)23-20(26)15-5-7-25(8-6-15)21(27)19-2-1-11-29-19/h1-4,11,14-15H,5-10,12-13H2,(H,23,26). The van der Waals surface area contributed by atoms with Crippen molar-refractivity contribution in [3.8, 4) is 0 Å². The number of amides is 2. The summed E-state index contributed by atoms with van der Waals surface area (Å²) in [5.41, 5.74) is 1.82. The molecule has 29 heavy (non-hydrogen) atoms. The van der Waals surface area contributed by atoms with E-state index in [1.807, 2.05) is 18.2 Å². The van der Waals surface area contributed by atoms with Gasteiger partial charge in [0.15, 0.2) is 5.76 Å². The van der Waals surface area contributed by atoms with Crippen molar-refractivity contribution in [2.45, 2.75) is 12.8 Å². The molecule has 0 saturated carbocycles. The summed E-state index contributed by atoms with van der Waals surface area (Å²) in [6, 6.07) is 9.33. The Morgan fingerprint density at radius 2 is 1.83 bits per heavy atom. The van der Waals surface area contributed by atoms with E-state index in [0.717, 1.165) is 28.9 Å². The van der Waals surface area contributed by atoms with Crippen LogP contribution in [0.3, 0.4) is 0 Å². The molecule has 0 aliphatic carbocycles. The van der Waals surface area contributed by atoms with Gasteiger partial charge in [0.25, 0.3) is 5.91 Å². The third-order valence-corrected chi connectivity index (χ3v) is 5.95. The van der Waals surface area contributed by atoms with Gasteiger partial charge < -0.3 is 24.3 Å². The van der Waals surface area contributed by atoms with Crippen LogP contribution < -0.4 is 10.2 Å². The van der Waals surface area contributed by atoms with Crippen LogP contribution in [0.2, 0.25) is 0 Å². The molecule has 0 radical (unpaired) electrons. The minimum atomic E-state index is -0.118. The van der Waals surface area contributed by atoms with Crippen LogP contribution in [0.4, 0.5) is 11.4 Å². The highest BCUT2D eigenvalue weighted by Crippen LogP contribution is 2.31. The summed E-state index contributed by atoms with van der Waals surface area (Å²) in [6.07, 6.45) is 2.77. The number of hydrogen-bond acceptors (Lipinski definition) is 5. The predicted molar refractivity (Wildman–Crippen MR) is 113 cm³/mol. The Morgan fingerprint density at radius 1 is 1.07 bits per heavy atom. The number of piperidine rings is 1. The van der Waals surface area contributed by atoms with Crippen LogP contribution in [0.1, 0.15) is 23.4 Å². The number of carbonyl (C=O) groups excluding carboxylic acids is 2. The summed E-state index contributed by atoms with van der Waals surface area (Å²) < 4.78 is 11.6. The van der Waals surface area contributed by atoms with Gasteiger partial charge in [-0.25, -0.2) is 0 Å². The van der Waals surface area contributed by atoms with Crippen molar-refractivity contribution in [2.75, 3.05) is 49.6 Å². The molecule has 1 aromatic heterocycles. The van der Waals surface area contributed by atoms with Gasteiger partial charge in [-0.15, -0.1) is 0 Å². The summed E-state index contributed by atoms with van der Waals surface area (Å²) in [4.78, 5) is 29.3. The van der Waals surface area contributed by atoms with E-state index in [1.165, 1.54) is 6.26 Å². The van der Waals surface area contributed by atoms with Crippen molar-refractivity contribution in [3.63, 3.8) is 0 Å². The number of likely N-dealkylation sites (tertiary alicyclic amines) is 1. The molecular weight excluding hydrogens is 438 g/mol. The van der Waals surface area contributed by atoms with Gasteiger partial charge in [-0.3, -0.25) is 9.59 Å². The average Bonchev–Trinajstić information content (AvgIpc) is 3.29. The minimum absolute atomic E-state index is 0.00251. The Balaban J connectivity index is 1.39. The van der Waals surface area contributed by atoms with Gasteiger partial charge in [0.1, 0.15) is 0 Å². The van der Waals surface area contributed by atoms with E-state index in [2.05, 4.69) is 26.1 Å². The van der Waals surface area contributed by atoms with Gasteiger partial charge in [-0.2, -0.15) is 0 Å². The highest BCUT2D eigenvalue weighted by atomic mass is 79.9. The second kappa shape index (κ2) is 9.00. The van der Waals surface area contributed by atoms with Crippen LogP contribution in [0.15, 0.2) is 45.5 Å². The van der Waals surface area contributed by atoms with Crippen LogP contribution in [0, 0.1) is 5.92 Å². The third-order valence-electron chi connectivity index (χ3n) is 5.45. The number of rotatable bonds is 4. The lowest BCUT2D eigenvalue weighted by Gasteiger charge is -2.32. The molecule has 8 heteroatoms. The maximum Gasteiger partial charge on any atom is 0.289 e. The number of carbonyl (C=O) groups is 2. The topological polar surface area (TPSA) is 75.0 Å². The van der Waals surface area contributed by atoms with Gasteiger partial charge in [0, 0.05) is 36.6 Å². The van der Waals surface area contributed by atoms with Crippen molar-refractivity contribution in [1.29, 1.82) is 0 Å². The Morgan fingerprint density at radius 3 is 2.52 bits per heavy atom. The second-order valence-electron chi connectivity index (χ2n) is 7.29. The van der Waals surface area contributed by atoms with Crippen molar-refractivity contribution in [2.24, 2.45) is 5.92 Å². The number of nitrogens with one attached hydrogen (secondary N) is 1. The van der Waals surface area contributed by atoms with Gasteiger partial charge >= 0.3 is 0 Å². The molecule has 2 saturated heterocycles. The molecule has 2 aliphatic rings. The fraction of sp³-hybridized carbons (Fsp3) is 0.429. The van der Waals surface area contributed by atoms with E-state index < -0.39 is 0 Å². The molecule has 2 amide bonds. The predicted octanol–water partition coefficient (Wildman–Crippen LogP) is 3.37. The van der Waals surface area contributed by atoms with Crippen LogP contribution >= 0.6 is 15.9 Å². The summed E-state index contributed by atoms with van der Waals surface area (Å²) in [7, 11) is 0. The van der Waals surface area contributed by atoms with Crippen molar-refractivity contribution >= 4 is 39.1 Å². The zero-order valence-electron chi connectivity index (χ0n) is 16.1. The maximum atomic E-state index is 12.9. The second-order valence-corrected chi connectivity index (χ2v) is 8.21. The highest BCUT2D eigenvalue weighted by molar-refractivity contribution is 9.10. The highest BCUT2D eigenvalue weighted by Gasteiger charge is 2.29. The van der Waals surface area contributed by atoms with Crippen molar-refractivity contribution in [1.82, 2.24) is 4.90 Å². The Hall–Kier alpha value is -2.32. The van der Waals surface area contributed by atoms with E-state index in [0.29, 0.717) is 44.9 Å². The van der Waals surface area contributed by atoms with E-state index in [-0.39, 0.29) is 17.7 Å². The van der Waals surface area contributed by atoms with E-state index >= 15 is 0 Å². The van der Waals surface area contributed by atoms with Gasteiger partial charge in [0.05, 0.1) is 30.9 Å². The summed E-state index contributed by atoms with van der Waals surface area (Å²) in [6.45, 7) is 4.08. The van der Waals surface area contributed by atoms with Gasteiger partial charge in [-0.1, -0.05) is 15.9 Å². The lowest BCUT2D eigenvalue weighted by Crippen LogP contribution is -2.41. The quantitative estimate of drug-likeness (QED) is 0.755. The largest absolute Gasteiger partial charge is 0.459 e. The number of morpholine rings is 1. The number of nitrogens with zero attached hydrogens (tertiary/aromatic N) is 2. The Kier molecular flexibility index (Phi) is 6.20. The molecule has 7 nitrogen and oxygen atoms in total. The first-order chi connectivity index (χ1) is 14.1. The number of halogens is 1. The molecule has 1 N–H and O–H groups in total. The lowest BCUT2D eigenvalue weighted by atomic mass is 9.95. The van der Waals surface area contributed by atoms with Crippen LogP contribution in [0.5, 0.6) is 0 Å². The zero-order valence-corrected chi connectivity index (χ0v) is 17.7. The van der Waals surface area contributed by atoms with E-state index in [1.54, 1.807) is 17.0 Å². The SMILES string of the molecule is O=C(Nc1cc(Br)ccc1N1CCOCC1)C1CCN(C(=O)c2ccco2)CC1. The molecule has 0 unspecified atom stereocenters. The Bertz CT molecular complexity index is 857. The molecule has 1 aromatic carbocycles. The van der Waals surface area contributed by atoms with Crippen LogP contribution in [-0.2, 0) is 9.53 Å². The van der Waals surface area contributed by atoms with Crippen molar-refractivity contribution < 1.29 is 18.7 Å². The molecule has 3 heterocycles. The fourth-order valence-corrected chi connectivity index (χ4v) is 4.19. The average molecular weight is 462 g/mol. The summed E-state index contributed by atoms with van der Waals surface area (Å²) >= 11 is 3.50. The Labute approximate surface area is 178 Å². The molecule has 2 fully saturated rings. The fourth-order valence-electron chi connectivity index (χ4n) is 3.82. The van der Waals surface area contributed by atoms with Gasteiger partial charge in [-0.05, 0) is 43.2 Å². The molecule has 0 spiro atoms. The third kappa shape index (κ3) is 4.64. The summed E-state index contributed by atoms with van der Waals surface area (Å²) in [5.74, 6) is 0.113. The van der Waals surface area contributed by atoms with Crippen LogP contribution in [0.25, 0.3) is 0 Å². The van der Waals surface area contributed by atoms with Crippen LogP contribution in [-0.4, -0.2) is 56.1 Å². The first-order valence-electron chi connectivity index (χ1n) is 9.88. The molecular formula is C21H24BrN3O4. The number of furan rings is 1. The number of ether oxygens (including phenoxy) is 1. The molecule has 2 aliphatic heterocycles. The van der Waals surface area contributed by atoms with Crippen molar-refractivity contribution in [3.05, 3.63) is 46.8 Å². The van der Waals surface area contributed by atoms with E-state index in [9.17, 15) is 9.59 Å². The minimum Gasteiger partial charge on any atom is -0.459 e. The number of anilines is 2. The number of hydrogen-bond donors (Lipinski definition) is 1. The lowest BCUT2D eigenvalue weighted by molar-refractivity contribution is -0.121. The number of benzene rings is 1. The molecule has 154 valence electrons. The molecule has 0 bridgehead atoms. The zero-order chi connectivity index (χ0) is 20.2. The normalized spacial score (nSPS) is 18.0. The first kappa shape index (κ1) is 20.0. The first-order valence-corrected chi connectivity index (χ1v) is 10.7.